The standard InChI is InChI=1S/C17H22N4O2S/c1-10-13-16(18-9-20(2)17(13)23)24-14(10)15(22)19-11-5-7-21(8-6-11)12-3-4-12/h9,11-12H,3-8H2,1-2H3,(H,19,22). The van der Waals surface area contributed by atoms with Gasteiger partial charge < -0.3 is 14.8 Å². The van der Waals surface area contributed by atoms with Gasteiger partial charge in [0.2, 0.25) is 0 Å². The number of nitrogens with zero attached hydrogens (tertiary/aromatic N) is 3. The lowest BCUT2D eigenvalue weighted by Gasteiger charge is -2.32. The number of amides is 1. The molecular formula is C17H22N4O2S. The molecule has 0 radical (unpaired) electrons. The summed E-state index contributed by atoms with van der Waals surface area (Å²) in [5, 5.41) is 3.73. The Morgan fingerprint density at radius 3 is 2.67 bits per heavy atom. The van der Waals surface area contributed by atoms with E-state index < -0.39 is 0 Å². The van der Waals surface area contributed by atoms with Crippen molar-refractivity contribution in [3.8, 4) is 0 Å². The first-order valence-corrected chi connectivity index (χ1v) is 9.36. The summed E-state index contributed by atoms with van der Waals surface area (Å²) in [6, 6.07) is 1.03. The summed E-state index contributed by atoms with van der Waals surface area (Å²) in [5.74, 6) is -0.0672. The zero-order valence-electron chi connectivity index (χ0n) is 14.0. The first-order chi connectivity index (χ1) is 11.5. The number of aryl methyl sites for hydroxylation is 2. The van der Waals surface area contributed by atoms with Gasteiger partial charge >= 0.3 is 0 Å². The lowest BCUT2D eigenvalue weighted by molar-refractivity contribution is 0.0913. The van der Waals surface area contributed by atoms with Crippen LogP contribution in [0.3, 0.4) is 0 Å². The molecule has 128 valence electrons. The molecule has 0 spiro atoms. The van der Waals surface area contributed by atoms with Gasteiger partial charge in [0.1, 0.15) is 4.83 Å². The fourth-order valence-electron chi connectivity index (χ4n) is 3.53. The molecule has 0 atom stereocenters. The summed E-state index contributed by atoms with van der Waals surface area (Å²) >= 11 is 1.31. The molecule has 0 bridgehead atoms. The van der Waals surface area contributed by atoms with Gasteiger partial charge in [-0.3, -0.25) is 9.59 Å². The van der Waals surface area contributed by atoms with Crippen molar-refractivity contribution in [1.82, 2.24) is 19.8 Å². The normalized spacial score (nSPS) is 19.8. The Labute approximate surface area is 144 Å². The molecule has 1 amide bonds. The molecule has 2 aromatic rings. The van der Waals surface area contributed by atoms with Crippen molar-refractivity contribution in [3.05, 3.63) is 27.1 Å². The number of rotatable bonds is 3. The second kappa shape index (κ2) is 5.97. The molecule has 1 aliphatic heterocycles. The second-order valence-corrected chi connectivity index (χ2v) is 7.91. The van der Waals surface area contributed by atoms with Crippen LogP contribution in [0, 0.1) is 6.92 Å². The maximum atomic E-state index is 12.7. The molecule has 7 heteroatoms. The minimum atomic E-state index is -0.0921. The molecule has 1 aliphatic carbocycles. The van der Waals surface area contributed by atoms with Crippen molar-refractivity contribution < 1.29 is 4.79 Å². The number of likely N-dealkylation sites (tertiary alicyclic amines) is 1. The number of hydrogen-bond acceptors (Lipinski definition) is 5. The number of fused-ring (bicyclic) bond motifs is 1. The van der Waals surface area contributed by atoms with Crippen LogP contribution >= 0.6 is 11.3 Å². The number of thiophene rings is 1. The molecule has 4 rings (SSSR count). The molecule has 1 saturated carbocycles. The Bertz CT molecular complexity index is 844. The van der Waals surface area contributed by atoms with Crippen molar-refractivity contribution in [1.29, 1.82) is 0 Å². The van der Waals surface area contributed by atoms with Crippen LogP contribution in [-0.2, 0) is 7.05 Å². The highest BCUT2D eigenvalue weighted by Gasteiger charge is 2.32. The van der Waals surface area contributed by atoms with Crippen molar-refractivity contribution in [3.63, 3.8) is 0 Å². The van der Waals surface area contributed by atoms with Gasteiger partial charge in [0.05, 0.1) is 16.6 Å². The lowest BCUT2D eigenvalue weighted by Crippen LogP contribution is -2.45. The molecule has 6 nitrogen and oxygen atoms in total. The number of aromatic nitrogens is 2. The second-order valence-electron chi connectivity index (χ2n) is 6.91. The predicted molar refractivity (Wildman–Crippen MR) is 94.7 cm³/mol. The molecule has 2 aromatic heterocycles. The van der Waals surface area contributed by atoms with E-state index in [1.54, 1.807) is 7.05 Å². The average Bonchev–Trinajstić information content (AvgIpc) is 3.36. The van der Waals surface area contributed by atoms with Gasteiger partial charge in [0.15, 0.2) is 0 Å². The Morgan fingerprint density at radius 1 is 1.29 bits per heavy atom. The number of carbonyl (C=O) groups is 1. The molecule has 2 aliphatic rings. The van der Waals surface area contributed by atoms with Crippen LogP contribution in [-0.4, -0.2) is 45.5 Å². The van der Waals surface area contributed by atoms with Crippen LogP contribution in [0.25, 0.3) is 10.2 Å². The van der Waals surface area contributed by atoms with Crippen LogP contribution in [0.2, 0.25) is 0 Å². The maximum absolute atomic E-state index is 12.7. The van der Waals surface area contributed by atoms with E-state index in [1.165, 1.54) is 35.1 Å². The molecule has 1 saturated heterocycles. The number of nitrogens with one attached hydrogen (secondary N) is 1. The van der Waals surface area contributed by atoms with E-state index in [4.69, 9.17) is 0 Å². The minimum absolute atomic E-state index is 0.0672. The van der Waals surface area contributed by atoms with Crippen LogP contribution < -0.4 is 10.9 Å². The minimum Gasteiger partial charge on any atom is -0.349 e. The van der Waals surface area contributed by atoms with Gasteiger partial charge in [-0.05, 0) is 38.2 Å². The summed E-state index contributed by atoms with van der Waals surface area (Å²) in [6.45, 7) is 3.98. The molecule has 0 aromatic carbocycles. The third kappa shape index (κ3) is 2.75. The SMILES string of the molecule is Cc1c(C(=O)NC2CCN(C3CC3)CC2)sc2ncn(C)c(=O)c12. The molecular weight excluding hydrogens is 324 g/mol. The summed E-state index contributed by atoms with van der Waals surface area (Å²) in [4.78, 5) is 33.0. The summed E-state index contributed by atoms with van der Waals surface area (Å²) in [5.41, 5.74) is 0.655. The molecule has 2 fully saturated rings. The molecule has 3 heterocycles. The van der Waals surface area contributed by atoms with Gasteiger partial charge in [-0.15, -0.1) is 11.3 Å². The fraction of sp³-hybridized carbons (Fsp3) is 0.588. The first kappa shape index (κ1) is 15.8. The zero-order chi connectivity index (χ0) is 16.8. The monoisotopic (exact) mass is 346 g/mol. The van der Waals surface area contributed by atoms with E-state index in [1.807, 2.05) is 6.92 Å². The zero-order valence-corrected chi connectivity index (χ0v) is 14.9. The van der Waals surface area contributed by atoms with Crippen LogP contribution in [0.1, 0.15) is 40.9 Å². The molecule has 1 N–H and O–H groups in total. The van der Waals surface area contributed by atoms with Crippen molar-refractivity contribution in [2.24, 2.45) is 7.05 Å². The predicted octanol–water partition coefficient (Wildman–Crippen LogP) is 1.66. The Kier molecular flexibility index (Phi) is 3.92. The maximum Gasteiger partial charge on any atom is 0.262 e. The van der Waals surface area contributed by atoms with Gasteiger partial charge in [-0.25, -0.2) is 4.98 Å². The van der Waals surface area contributed by atoms with Gasteiger partial charge in [-0.2, -0.15) is 0 Å². The molecule has 24 heavy (non-hydrogen) atoms. The first-order valence-electron chi connectivity index (χ1n) is 8.54. The quantitative estimate of drug-likeness (QED) is 0.918. The number of carbonyl (C=O) groups excluding carboxylic acids is 1. The van der Waals surface area contributed by atoms with E-state index in [9.17, 15) is 9.59 Å². The largest absolute Gasteiger partial charge is 0.349 e. The van der Waals surface area contributed by atoms with Crippen LogP contribution in [0.4, 0.5) is 0 Å². The number of piperidine rings is 1. The average molecular weight is 346 g/mol. The van der Waals surface area contributed by atoms with Crippen LogP contribution in [0.5, 0.6) is 0 Å². The summed E-state index contributed by atoms with van der Waals surface area (Å²) < 4.78 is 1.46. The van der Waals surface area contributed by atoms with Crippen molar-refractivity contribution >= 4 is 27.5 Å². The smallest absolute Gasteiger partial charge is 0.262 e. The van der Waals surface area contributed by atoms with E-state index >= 15 is 0 Å². The fourth-order valence-corrected chi connectivity index (χ4v) is 4.57. The van der Waals surface area contributed by atoms with Crippen molar-refractivity contribution in [2.45, 2.75) is 44.7 Å². The Morgan fingerprint density at radius 2 is 2.00 bits per heavy atom. The Balaban J connectivity index is 1.50. The van der Waals surface area contributed by atoms with E-state index in [0.29, 0.717) is 15.1 Å². The lowest BCUT2D eigenvalue weighted by atomic mass is 10.0. The van der Waals surface area contributed by atoms with E-state index in [-0.39, 0.29) is 17.5 Å². The summed E-state index contributed by atoms with van der Waals surface area (Å²) in [6.07, 6.45) is 6.19. The highest BCUT2D eigenvalue weighted by Crippen LogP contribution is 2.30. The topological polar surface area (TPSA) is 67.2 Å². The highest BCUT2D eigenvalue weighted by atomic mass is 32.1. The van der Waals surface area contributed by atoms with Gasteiger partial charge in [0.25, 0.3) is 11.5 Å². The van der Waals surface area contributed by atoms with Crippen LogP contribution in [0.15, 0.2) is 11.1 Å². The van der Waals surface area contributed by atoms with E-state index in [0.717, 1.165) is 37.5 Å². The third-order valence-electron chi connectivity index (χ3n) is 5.14. The van der Waals surface area contributed by atoms with Gasteiger partial charge in [-0.1, -0.05) is 0 Å². The Hall–Kier alpha value is -1.73. The molecule has 0 unspecified atom stereocenters. The van der Waals surface area contributed by atoms with Gasteiger partial charge in [0, 0.05) is 32.2 Å². The highest BCUT2D eigenvalue weighted by molar-refractivity contribution is 7.20. The summed E-state index contributed by atoms with van der Waals surface area (Å²) in [7, 11) is 1.68. The van der Waals surface area contributed by atoms with Crippen molar-refractivity contribution in [2.75, 3.05) is 13.1 Å². The van der Waals surface area contributed by atoms with E-state index in [2.05, 4.69) is 15.2 Å². The number of hydrogen-bond donors (Lipinski definition) is 1. The third-order valence-corrected chi connectivity index (χ3v) is 6.34.